The molecule has 2 unspecified atom stereocenters. The molecule has 0 aliphatic rings. The number of rotatable bonds is 3. The summed E-state index contributed by atoms with van der Waals surface area (Å²) in [4.78, 5) is 3.87. The lowest BCUT2D eigenvalue weighted by Gasteiger charge is -2.17. The van der Waals surface area contributed by atoms with Crippen LogP contribution in [0.3, 0.4) is 0 Å². The van der Waals surface area contributed by atoms with Crippen molar-refractivity contribution in [3.05, 3.63) is 29.6 Å². The average Bonchev–Trinajstić information content (AvgIpc) is 2.16. The Labute approximate surface area is 77.0 Å². The fraction of sp³-hybridized carbons (Fsp3) is 0.444. The first kappa shape index (κ1) is 10.1. The highest BCUT2D eigenvalue weighted by atomic mass is 16.3. The summed E-state index contributed by atoms with van der Waals surface area (Å²) < 4.78 is 0. The highest BCUT2D eigenvalue weighted by Crippen LogP contribution is 2.18. The summed E-state index contributed by atoms with van der Waals surface area (Å²) >= 11 is 0. The Bertz CT molecular complexity index is 278. The molecule has 2 atom stereocenters. The van der Waals surface area contributed by atoms with Crippen LogP contribution in [0.15, 0.2) is 18.5 Å². The van der Waals surface area contributed by atoms with Crippen LogP contribution in [0.1, 0.15) is 17.2 Å². The highest BCUT2D eigenvalue weighted by Gasteiger charge is 2.18. The van der Waals surface area contributed by atoms with Crippen molar-refractivity contribution in [3.8, 4) is 0 Å². The maximum atomic E-state index is 9.60. The first-order chi connectivity index (χ1) is 6.16. The Hall–Kier alpha value is -0.970. The minimum Gasteiger partial charge on any atom is -0.389 e. The van der Waals surface area contributed by atoms with Crippen molar-refractivity contribution in [2.45, 2.75) is 19.1 Å². The number of aryl methyl sites for hydroxylation is 1. The quantitative estimate of drug-likeness (QED) is 0.602. The third-order valence-electron chi connectivity index (χ3n) is 2.00. The van der Waals surface area contributed by atoms with Gasteiger partial charge in [-0.25, -0.2) is 0 Å². The Balaban J connectivity index is 2.88. The van der Waals surface area contributed by atoms with Crippen LogP contribution in [0.2, 0.25) is 0 Å². The SMILES string of the molecule is Cc1ccncc1C(O)C(O)CN. The minimum absolute atomic E-state index is 0.0372. The number of aromatic nitrogens is 1. The third kappa shape index (κ3) is 2.24. The second kappa shape index (κ2) is 4.32. The molecule has 0 saturated carbocycles. The van der Waals surface area contributed by atoms with Crippen LogP contribution in [-0.4, -0.2) is 27.8 Å². The molecule has 4 heteroatoms. The standard InChI is InChI=1S/C9H14N2O2/c1-6-2-3-11-5-7(6)9(13)8(12)4-10/h2-3,5,8-9,12-13H,4,10H2,1H3. The van der Waals surface area contributed by atoms with Crippen LogP contribution < -0.4 is 5.73 Å². The molecule has 1 aromatic rings. The summed E-state index contributed by atoms with van der Waals surface area (Å²) in [6.07, 6.45) is 1.31. The Morgan fingerprint density at radius 1 is 1.54 bits per heavy atom. The molecule has 13 heavy (non-hydrogen) atoms. The largest absolute Gasteiger partial charge is 0.389 e. The van der Waals surface area contributed by atoms with Gasteiger partial charge in [-0.05, 0) is 18.6 Å². The molecule has 0 bridgehead atoms. The van der Waals surface area contributed by atoms with Gasteiger partial charge in [0.15, 0.2) is 0 Å². The van der Waals surface area contributed by atoms with E-state index in [1.54, 1.807) is 18.5 Å². The van der Waals surface area contributed by atoms with Gasteiger partial charge in [-0.3, -0.25) is 4.98 Å². The van der Waals surface area contributed by atoms with Crippen LogP contribution in [-0.2, 0) is 0 Å². The summed E-state index contributed by atoms with van der Waals surface area (Å²) in [5.74, 6) is 0. The van der Waals surface area contributed by atoms with E-state index >= 15 is 0 Å². The topological polar surface area (TPSA) is 79.4 Å². The van der Waals surface area contributed by atoms with Crippen molar-refractivity contribution in [2.75, 3.05) is 6.54 Å². The van der Waals surface area contributed by atoms with E-state index in [9.17, 15) is 10.2 Å². The molecule has 1 heterocycles. The molecule has 0 aromatic carbocycles. The van der Waals surface area contributed by atoms with Gasteiger partial charge in [-0.1, -0.05) is 0 Å². The molecule has 0 spiro atoms. The van der Waals surface area contributed by atoms with E-state index in [4.69, 9.17) is 5.73 Å². The first-order valence-corrected chi connectivity index (χ1v) is 4.13. The summed E-state index contributed by atoms with van der Waals surface area (Å²) in [5, 5.41) is 18.9. The van der Waals surface area contributed by atoms with Crippen molar-refractivity contribution < 1.29 is 10.2 Å². The van der Waals surface area contributed by atoms with Gasteiger partial charge >= 0.3 is 0 Å². The van der Waals surface area contributed by atoms with E-state index in [-0.39, 0.29) is 6.54 Å². The van der Waals surface area contributed by atoms with Crippen LogP contribution in [0.4, 0.5) is 0 Å². The molecule has 0 aliphatic carbocycles. The molecule has 4 N–H and O–H groups in total. The van der Waals surface area contributed by atoms with Crippen molar-refractivity contribution >= 4 is 0 Å². The van der Waals surface area contributed by atoms with Gasteiger partial charge in [0.2, 0.25) is 0 Å². The number of hydrogen-bond donors (Lipinski definition) is 3. The zero-order valence-corrected chi connectivity index (χ0v) is 7.51. The highest BCUT2D eigenvalue weighted by molar-refractivity contribution is 5.24. The molecule has 72 valence electrons. The molecule has 0 aliphatic heterocycles. The molecular weight excluding hydrogens is 168 g/mol. The number of pyridine rings is 1. The lowest BCUT2D eigenvalue weighted by atomic mass is 10.0. The van der Waals surface area contributed by atoms with E-state index in [0.29, 0.717) is 5.56 Å². The molecule has 0 saturated heterocycles. The number of nitrogens with zero attached hydrogens (tertiary/aromatic N) is 1. The lowest BCUT2D eigenvalue weighted by molar-refractivity contribution is 0.0237. The molecule has 0 amide bonds. The van der Waals surface area contributed by atoms with Crippen molar-refractivity contribution in [2.24, 2.45) is 5.73 Å². The smallest absolute Gasteiger partial charge is 0.108 e. The maximum absolute atomic E-state index is 9.60. The maximum Gasteiger partial charge on any atom is 0.108 e. The summed E-state index contributed by atoms with van der Waals surface area (Å²) in [5.41, 5.74) is 6.75. The number of aliphatic hydroxyl groups excluding tert-OH is 2. The third-order valence-corrected chi connectivity index (χ3v) is 2.00. The second-order valence-corrected chi connectivity index (χ2v) is 2.98. The van der Waals surface area contributed by atoms with Crippen LogP contribution in [0, 0.1) is 6.92 Å². The fourth-order valence-electron chi connectivity index (χ4n) is 1.12. The molecule has 1 aromatic heterocycles. The van der Waals surface area contributed by atoms with Crippen LogP contribution in [0.5, 0.6) is 0 Å². The van der Waals surface area contributed by atoms with Crippen molar-refractivity contribution in [3.63, 3.8) is 0 Å². The van der Waals surface area contributed by atoms with Gasteiger partial charge < -0.3 is 15.9 Å². The Morgan fingerprint density at radius 2 is 2.23 bits per heavy atom. The Morgan fingerprint density at radius 3 is 2.77 bits per heavy atom. The van der Waals surface area contributed by atoms with Gasteiger partial charge in [-0.15, -0.1) is 0 Å². The van der Waals surface area contributed by atoms with E-state index in [0.717, 1.165) is 5.56 Å². The number of nitrogens with two attached hydrogens (primary N) is 1. The van der Waals surface area contributed by atoms with Crippen molar-refractivity contribution in [1.29, 1.82) is 0 Å². The molecule has 0 radical (unpaired) electrons. The molecular formula is C9H14N2O2. The zero-order chi connectivity index (χ0) is 9.84. The predicted octanol–water partition coefficient (Wildman–Crippen LogP) is -0.257. The van der Waals surface area contributed by atoms with Crippen LogP contribution >= 0.6 is 0 Å². The van der Waals surface area contributed by atoms with Crippen molar-refractivity contribution in [1.82, 2.24) is 4.98 Å². The fourth-order valence-corrected chi connectivity index (χ4v) is 1.12. The zero-order valence-electron chi connectivity index (χ0n) is 7.51. The summed E-state index contributed by atoms with van der Waals surface area (Å²) in [6, 6.07) is 1.78. The Kier molecular flexibility index (Phi) is 3.36. The average molecular weight is 182 g/mol. The van der Waals surface area contributed by atoms with Crippen LogP contribution in [0.25, 0.3) is 0 Å². The lowest BCUT2D eigenvalue weighted by Crippen LogP contribution is -2.27. The molecule has 0 fully saturated rings. The second-order valence-electron chi connectivity index (χ2n) is 2.98. The summed E-state index contributed by atoms with van der Waals surface area (Å²) in [7, 11) is 0. The van der Waals surface area contributed by atoms with E-state index in [1.807, 2.05) is 6.92 Å². The predicted molar refractivity (Wildman–Crippen MR) is 49.0 cm³/mol. The van der Waals surface area contributed by atoms with Gasteiger partial charge in [0.05, 0.1) is 6.10 Å². The molecule has 1 rings (SSSR count). The van der Waals surface area contributed by atoms with E-state index in [1.165, 1.54) is 0 Å². The normalized spacial score (nSPS) is 15.4. The van der Waals surface area contributed by atoms with Gasteiger partial charge in [0.1, 0.15) is 6.10 Å². The van der Waals surface area contributed by atoms with E-state index < -0.39 is 12.2 Å². The summed E-state index contributed by atoms with van der Waals surface area (Å²) in [6.45, 7) is 1.89. The monoisotopic (exact) mass is 182 g/mol. The molecule has 4 nitrogen and oxygen atoms in total. The minimum atomic E-state index is -0.946. The number of hydrogen-bond acceptors (Lipinski definition) is 4. The number of aliphatic hydroxyl groups is 2. The van der Waals surface area contributed by atoms with Gasteiger partial charge in [-0.2, -0.15) is 0 Å². The van der Waals surface area contributed by atoms with E-state index in [2.05, 4.69) is 4.98 Å². The van der Waals surface area contributed by atoms with Gasteiger partial charge in [0, 0.05) is 24.5 Å². The first-order valence-electron chi connectivity index (χ1n) is 4.13. The van der Waals surface area contributed by atoms with Gasteiger partial charge in [0.25, 0.3) is 0 Å².